The lowest BCUT2D eigenvalue weighted by Crippen LogP contribution is -2.40. The SMILES string of the molecule is Cc1ccc(S(=O)(=O)N2CCOCC2)cc1NC(=O)COC(=O)CC1CCCC1. The molecule has 9 heteroatoms. The van der Waals surface area contributed by atoms with E-state index in [1.54, 1.807) is 13.0 Å². The number of aryl methyl sites for hydroxylation is 1. The van der Waals surface area contributed by atoms with Crippen LogP contribution in [0.3, 0.4) is 0 Å². The van der Waals surface area contributed by atoms with Crippen LogP contribution in [0.5, 0.6) is 0 Å². The zero-order chi connectivity index (χ0) is 20.9. The monoisotopic (exact) mass is 424 g/mol. The fourth-order valence-corrected chi connectivity index (χ4v) is 5.11. The summed E-state index contributed by atoms with van der Waals surface area (Å²) in [6.45, 7) is 2.71. The highest BCUT2D eigenvalue weighted by Gasteiger charge is 2.27. The molecular formula is C20H28N2O6S. The summed E-state index contributed by atoms with van der Waals surface area (Å²) in [4.78, 5) is 24.2. The molecule has 1 amide bonds. The molecule has 2 fully saturated rings. The Morgan fingerprint density at radius 3 is 2.59 bits per heavy atom. The molecule has 0 atom stereocenters. The van der Waals surface area contributed by atoms with Crippen LogP contribution in [-0.2, 0) is 29.1 Å². The van der Waals surface area contributed by atoms with Gasteiger partial charge in [0, 0.05) is 25.2 Å². The van der Waals surface area contributed by atoms with Gasteiger partial charge in [-0.05, 0) is 43.4 Å². The molecule has 1 aliphatic heterocycles. The molecule has 0 aromatic heterocycles. The van der Waals surface area contributed by atoms with Crippen LogP contribution in [-0.4, -0.2) is 57.5 Å². The lowest BCUT2D eigenvalue weighted by atomic mass is 10.1. The van der Waals surface area contributed by atoms with E-state index >= 15 is 0 Å². The molecule has 1 saturated heterocycles. The first-order valence-electron chi connectivity index (χ1n) is 10.0. The Kier molecular flexibility index (Phi) is 7.26. The van der Waals surface area contributed by atoms with Crippen molar-refractivity contribution in [1.82, 2.24) is 4.31 Å². The average Bonchev–Trinajstić information content (AvgIpc) is 3.21. The first-order valence-corrected chi connectivity index (χ1v) is 11.4. The molecule has 29 heavy (non-hydrogen) atoms. The minimum Gasteiger partial charge on any atom is -0.456 e. The molecule has 1 N–H and O–H groups in total. The van der Waals surface area contributed by atoms with Crippen LogP contribution in [0.2, 0.25) is 0 Å². The van der Waals surface area contributed by atoms with E-state index in [0.717, 1.165) is 31.2 Å². The van der Waals surface area contributed by atoms with Crippen molar-refractivity contribution in [2.75, 3.05) is 38.2 Å². The molecule has 1 aromatic carbocycles. The molecule has 0 radical (unpaired) electrons. The average molecular weight is 425 g/mol. The van der Waals surface area contributed by atoms with Crippen LogP contribution in [0.1, 0.15) is 37.7 Å². The number of hydrogen-bond donors (Lipinski definition) is 1. The predicted octanol–water partition coefficient (Wildman–Crippen LogP) is 2.08. The number of carbonyl (C=O) groups excluding carboxylic acids is 2. The maximum atomic E-state index is 12.8. The van der Waals surface area contributed by atoms with E-state index in [1.165, 1.54) is 16.4 Å². The molecule has 1 aliphatic carbocycles. The van der Waals surface area contributed by atoms with Crippen molar-refractivity contribution in [2.24, 2.45) is 5.92 Å². The fourth-order valence-electron chi connectivity index (χ4n) is 3.67. The van der Waals surface area contributed by atoms with E-state index in [4.69, 9.17) is 9.47 Å². The van der Waals surface area contributed by atoms with Crippen molar-refractivity contribution in [3.63, 3.8) is 0 Å². The third kappa shape index (κ3) is 5.77. The summed E-state index contributed by atoms with van der Waals surface area (Å²) in [5, 5.41) is 2.65. The topological polar surface area (TPSA) is 102 Å². The van der Waals surface area contributed by atoms with Crippen LogP contribution >= 0.6 is 0 Å². The standard InChI is InChI=1S/C20H28N2O6S/c1-15-6-7-17(29(25,26)22-8-10-27-11-9-22)13-18(15)21-19(23)14-28-20(24)12-16-4-2-3-5-16/h6-7,13,16H,2-5,8-12,14H2,1H3,(H,21,23). The minimum absolute atomic E-state index is 0.110. The van der Waals surface area contributed by atoms with Crippen LogP contribution in [0.4, 0.5) is 5.69 Å². The number of rotatable bonds is 7. The second-order valence-electron chi connectivity index (χ2n) is 7.56. The van der Waals surface area contributed by atoms with Crippen molar-refractivity contribution in [2.45, 2.75) is 43.9 Å². The third-order valence-electron chi connectivity index (χ3n) is 5.39. The number of carbonyl (C=O) groups is 2. The van der Waals surface area contributed by atoms with E-state index in [-0.39, 0.29) is 17.5 Å². The van der Waals surface area contributed by atoms with Crippen LogP contribution < -0.4 is 5.32 Å². The number of ether oxygens (including phenoxy) is 2. The molecule has 0 bridgehead atoms. The van der Waals surface area contributed by atoms with Gasteiger partial charge in [0.15, 0.2) is 6.61 Å². The summed E-state index contributed by atoms with van der Waals surface area (Å²) in [5.74, 6) is -0.504. The van der Waals surface area contributed by atoms with E-state index in [9.17, 15) is 18.0 Å². The summed E-state index contributed by atoms with van der Waals surface area (Å²) in [7, 11) is -3.66. The number of nitrogens with zero attached hydrogens (tertiary/aromatic N) is 1. The van der Waals surface area contributed by atoms with Gasteiger partial charge in [0.05, 0.1) is 18.1 Å². The maximum absolute atomic E-state index is 12.8. The van der Waals surface area contributed by atoms with Gasteiger partial charge in [0.1, 0.15) is 0 Å². The lowest BCUT2D eigenvalue weighted by molar-refractivity contribution is -0.148. The largest absolute Gasteiger partial charge is 0.456 e. The summed E-state index contributed by atoms with van der Waals surface area (Å²) in [5.41, 5.74) is 1.10. The number of sulfonamides is 1. The van der Waals surface area contributed by atoms with Crippen molar-refractivity contribution in [3.8, 4) is 0 Å². The van der Waals surface area contributed by atoms with Gasteiger partial charge >= 0.3 is 5.97 Å². The minimum atomic E-state index is -3.66. The summed E-state index contributed by atoms with van der Waals surface area (Å²) >= 11 is 0. The Hall–Kier alpha value is -1.97. The van der Waals surface area contributed by atoms with Gasteiger partial charge in [-0.1, -0.05) is 18.9 Å². The normalized spacial score (nSPS) is 18.5. The Morgan fingerprint density at radius 2 is 1.90 bits per heavy atom. The first-order chi connectivity index (χ1) is 13.9. The van der Waals surface area contributed by atoms with E-state index in [1.807, 2.05) is 0 Å². The highest BCUT2D eigenvalue weighted by atomic mass is 32.2. The van der Waals surface area contributed by atoms with Gasteiger partial charge in [-0.15, -0.1) is 0 Å². The van der Waals surface area contributed by atoms with E-state index in [0.29, 0.717) is 44.3 Å². The van der Waals surface area contributed by atoms with Crippen molar-refractivity contribution < 1.29 is 27.5 Å². The van der Waals surface area contributed by atoms with E-state index in [2.05, 4.69) is 5.32 Å². The number of morpholine rings is 1. The second kappa shape index (κ2) is 9.69. The Balaban J connectivity index is 1.59. The van der Waals surface area contributed by atoms with Gasteiger partial charge in [0.2, 0.25) is 10.0 Å². The van der Waals surface area contributed by atoms with Crippen LogP contribution in [0.25, 0.3) is 0 Å². The summed E-state index contributed by atoms with van der Waals surface area (Å²) < 4.78 is 37.3. The first kappa shape index (κ1) is 21.7. The quantitative estimate of drug-likeness (QED) is 0.673. The number of nitrogens with one attached hydrogen (secondary N) is 1. The Bertz CT molecular complexity index is 843. The van der Waals surface area contributed by atoms with Crippen molar-refractivity contribution >= 4 is 27.6 Å². The molecule has 1 aromatic rings. The fraction of sp³-hybridized carbons (Fsp3) is 0.600. The highest BCUT2D eigenvalue weighted by molar-refractivity contribution is 7.89. The van der Waals surface area contributed by atoms with Gasteiger partial charge in [-0.25, -0.2) is 8.42 Å². The zero-order valence-electron chi connectivity index (χ0n) is 16.7. The van der Waals surface area contributed by atoms with Crippen LogP contribution in [0.15, 0.2) is 23.1 Å². The lowest BCUT2D eigenvalue weighted by Gasteiger charge is -2.26. The van der Waals surface area contributed by atoms with Gasteiger partial charge in [0.25, 0.3) is 5.91 Å². The molecule has 1 heterocycles. The Morgan fingerprint density at radius 1 is 1.21 bits per heavy atom. The number of anilines is 1. The number of esters is 1. The van der Waals surface area contributed by atoms with Crippen molar-refractivity contribution in [1.29, 1.82) is 0 Å². The molecule has 0 unspecified atom stereocenters. The third-order valence-corrected chi connectivity index (χ3v) is 7.28. The van der Waals surface area contributed by atoms with Gasteiger partial charge in [-0.2, -0.15) is 4.31 Å². The molecule has 0 spiro atoms. The van der Waals surface area contributed by atoms with Crippen LogP contribution in [0, 0.1) is 12.8 Å². The molecule has 3 rings (SSSR count). The van der Waals surface area contributed by atoms with Crippen molar-refractivity contribution in [3.05, 3.63) is 23.8 Å². The molecule has 2 aliphatic rings. The number of benzene rings is 1. The maximum Gasteiger partial charge on any atom is 0.306 e. The second-order valence-corrected chi connectivity index (χ2v) is 9.49. The Labute approximate surface area is 171 Å². The predicted molar refractivity (Wildman–Crippen MR) is 107 cm³/mol. The number of amides is 1. The number of hydrogen-bond acceptors (Lipinski definition) is 6. The summed E-state index contributed by atoms with van der Waals surface area (Å²) in [6.07, 6.45) is 4.69. The zero-order valence-corrected chi connectivity index (χ0v) is 17.5. The highest BCUT2D eigenvalue weighted by Crippen LogP contribution is 2.28. The molecular weight excluding hydrogens is 396 g/mol. The smallest absolute Gasteiger partial charge is 0.306 e. The van der Waals surface area contributed by atoms with E-state index < -0.39 is 15.9 Å². The molecule has 1 saturated carbocycles. The van der Waals surface area contributed by atoms with Gasteiger partial charge < -0.3 is 14.8 Å². The summed E-state index contributed by atoms with van der Waals surface area (Å²) in [6, 6.07) is 4.62. The molecule has 160 valence electrons. The molecule has 8 nitrogen and oxygen atoms in total. The van der Waals surface area contributed by atoms with Gasteiger partial charge in [-0.3, -0.25) is 9.59 Å².